The van der Waals surface area contributed by atoms with Crippen LogP contribution in [0, 0.1) is 0 Å². The molecule has 31 heavy (non-hydrogen) atoms. The van der Waals surface area contributed by atoms with Crippen LogP contribution in [0.15, 0.2) is 41.3 Å². The van der Waals surface area contributed by atoms with E-state index in [1.165, 1.54) is 5.56 Å². The molecule has 0 heterocycles. The maximum atomic E-state index is 13.4. The summed E-state index contributed by atoms with van der Waals surface area (Å²) in [6, 6.07) is 10.5. The Balaban J connectivity index is 2.07. The molecule has 0 radical (unpaired) electrons. The van der Waals surface area contributed by atoms with Gasteiger partial charge in [-0.05, 0) is 70.0 Å². The van der Waals surface area contributed by atoms with E-state index in [2.05, 4.69) is 38.5 Å². The fraction of sp³-hybridized carbons (Fsp3) is 0.480. The summed E-state index contributed by atoms with van der Waals surface area (Å²) in [6.45, 7) is 12.9. The zero-order valence-corrected chi connectivity index (χ0v) is 20.1. The van der Waals surface area contributed by atoms with Crippen molar-refractivity contribution in [2.24, 2.45) is 0 Å². The van der Waals surface area contributed by atoms with Crippen molar-refractivity contribution in [3.05, 3.63) is 58.7 Å². The van der Waals surface area contributed by atoms with Gasteiger partial charge in [0.05, 0.1) is 11.3 Å². The third kappa shape index (κ3) is 4.79. The van der Waals surface area contributed by atoms with Gasteiger partial charge in [-0.1, -0.05) is 59.7 Å². The number of aliphatic carboxylic acids is 1. The van der Waals surface area contributed by atoms with E-state index in [0.29, 0.717) is 16.1 Å². The van der Waals surface area contributed by atoms with Crippen LogP contribution in [0.5, 0.6) is 0 Å². The second-order valence-electron chi connectivity index (χ2n) is 10.2. The maximum Gasteiger partial charge on any atom is 0.307 e. The van der Waals surface area contributed by atoms with Crippen molar-refractivity contribution in [3.8, 4) is 0 Å². The molecule has 0 atom stereocenters. The molecular formula is C25H33NO4S. The lowest BCUT2D eigenvalue weighted by atomic mass is 9.62. The van der Waals surface area contributed by atoms with E-state index in [9.17, 15) is 13.2 Å². The van der Waals surface area contributed by atoms with Gasteiger partial charge in [-0.15, -0.1) is 0 Å². The Bertz CT molecular complexity index is 1100. The van der Waals surface area contributed by atoms with Crippen molar-refractivity contribution >= 4 is 21.7 Å². The predicted molar refractivity (Wildman–Crippen MR) is 124 cm³/mol. The molecular weight excluding hydrogens is 410 g/mol. The van der Waals surface area contributed by atoms with Crippen LogP contribution in [0.4, 0.5) is 5.69 Å². The second kappa shape index (κ2) is 7.97. The molecule has 2 aromatic carbocycles. The van der Waals surface area contributed by atoms with Crippen molar-refractivity contribution in [2.75, 3.05) is 4.72 Å². The number of carboxylic acid groups (broad SMARTS) is 1. The number of benzene rings is 2. The Labute approximate surface area is 185 Å². The van der Waals surface area contributed by atoms with E-state index < -0.39 is 16.0 Å². The van der Waals surface area contributed by atoms with Gasteiger partial charge in [0, 0.05) is 5.69 Å². The Hall–Kier alpha value is -2.34. The highest BCUT2D eigenvalue weighted by Crippen LogP contribution is 2.47. The molecule has 5 nitrogen and oxygen atoms in total. The normalized spacial score (nSPS) is 17.3. The standard InChI is InChI=1S/C25H33NO4S/c1-16(2)19-14-20-21(25(5,6)12-11-24(20,3)4)15-22(19)31(29,30)26-18-9-7-17(8-10-18)13-23(27)28/h7-10,14-16,26H,11-13H2,1-6H3,(H,27,28). The first-order valence-electron chi connectivity index (χ1n) is 10.8. The van der Waals surface area contributed by atoms with E-state index in [-0.39, 0.29) is 23.2 Å². The van der Waals surface area contributed by atoms with Crippen LogP contribution in [0.3, 0.4) is 0 Å². The first-order valence-corrected chi connectivity index (χ1v) is 12.2. The number of anilines is 1. The van der Waals surface area contributed by atoms with E-state index in [1.54, 1.807) is 24.3 Å². The summed E-state index contributed by atoms with van der Waals surface area (Å²) in [5, 5.41) is 8.92. The van der Waals surface area contributed by atoms with Crippen LogP contribution in [0.2, 0.25) is 0 Å². The molecule has 2 aromatic rings. The quantitative estimate of drug-likeness (QED) is 0.610. The number of rotatable bonds is 6. The third-order valence-corrected chi connectivity index (χ3v) is 7.89. The highest BCUT2D eigenvalue weighted by Gasteiger charge is 2.39. The molecule has 0 amide bonds. The van der Waals surface area contributed by atoms with Crippen molar-refractivity contribution in [3.63, 3.8) is 0 Å². The molecule has 0 fully saturated rings. The molecule has 2 N–H and O–H groups in total. The summed E-state index contributed by atoms with van der Waals surface area (Å²) < 4.78 is 29.6. The number of sulfonamides is 1. The van der Waals surface area contributed by atoms with Gasteiger partial charge in [-0.3, -0.25) is 9.52 Å². The zero-order valence-electron chi connectivity index (χ0n) is 19.2. The summed E-state index contributed by atoms with van der Waals surface area (Å²) in [5.74, 6) is -0.870. The van der Waals surface area contributed by atoms with Crippen molar-refractivity contribution in [1.82, 2.24) is 0 Å². The molecule has 0 saturated heterocycles. The van der Waals surface area contributed by atoms with Crippen LogP contribution in [-0.4, -0.2) is 19.5 Å². The number of nitrogens with one attached hydrogen (secondary N) is 1. The van der Waals surface area contributed by atoms with Crippen LogP contribution < -0.4 is 4.72 Å². The minimum absolute atomic E-state index is 0.00415. The summed E-state index contributed by atoms with van der Waals surface area (Å²) in [5.41, 5.74) is 4.11. The van der Waals surface area contributed by atoms with Gasteiger partial charge in [0.2, 0.25) is 0 Å². The van der Waals surface area contributed by atoms with Crippen molar-refractivity contribution in [2.45, 2.75) is 82.4 Å². The predicted octanol–water partition coefficient (Wildman–Crippen LogP) is 5.59. The van der Waals surface area contributed by atoms with Gasteiger partial charge >= 0.3 is 5.97 Å². The first-order chi connectivity index (χ1) is 14.2. The van der Waals surface area contributed by atoms with Gasteiger partial charge in [0.1, 0.15) is 0 Å². The maximum absolute atomic E-state index is 13.4. The molecule has 0 aliphatic heterocycles. The number of hydrogen-bond acceptors (Lipinski definition) is 3. The van der Waals surface area contributed by atoms with Crippen LogP contribution in [-0.2, 0) is 32.1 Å². The smallest absolute Gasteiger partial charge is 0.307 e. The Morgan fingerprint density at radius 3 is 2.00 bits per heavy atom. The van der Waals surface area contributed by atoms with Crippen LogP contribution in [0.1, 0.15) is 82.6 Å². The SMILES string of the molecule is CC(C)c1cc2c(cc1S(=O)(=O)Nc1ccc(CC(=O)O)cc1)C(C)(C)CCC2(C)C. The monoisotopic (exact) mass is 443 g/mol. The second-order valence-corrected chi connectivity index (χ2v) is 11.9. The Morgan fingerprint density at radius 1 is 1.00 bits per heavy atom. The first kappa shape index (κ1) is 23.3. The lowest BCUT2D eigenvalue weighted by Gasteiger charge is -2.42. The Kier molecular flexibility index (Phi) is 6.00. The van der Waals surface area contributed by atoms with E-state index in [0.717, 1.165) is 24.0 Å². The van der Waals surface area contributed by atoms with Gasteiger partial charge < -0.3 is 5.11 Å². The number of carbonyl (C=O) groups is 1. The van der Waals surface area contributed by atoms with Gasteiger partial charge in [0.25, 0.3) is 10.0 Å². The number of fused-ring (bicyclic) bond motifs is 1. The Morgan fingerprint density at radius 2 is 1.52 bits per heavy atom. The lowest BCUT2D eigenvalue weighted by Crippen LogP contribution is -2.34. The molecule has 0 saturated carbocycles. The van der Waals surface area contributed by atoms with E-state index in [4.69, 9.17) is 5.11 Å². The molecule has 0 spiro atoms. The molecule has 0 aromatic heterocycles. The number of hydrogen-bond donors (Lipinski definition) is 2. The third-order valence-electron chi connectivity index (χ3n) is 6.46. The van der Waals surface area contributed by atoms with E-state index in [1.807, 2.05) is 19.9 Å². The van der Waals surface area contributed by atoms with Gasteiger partial charge in [-0.25, -0.2) is 8.42 Å². The summed E-state index contributed by atoms with van der Waals surface area (Å²) in [7, 11) is -3.81. The topological polar surface area (TPSA) is 83.5 Å². The van der Waals surface area contributed by atoms with Gasteiger partial charge in [0.15, 0.2) is 0 Å². The zero-order chi connectivity index (χ0) is 23.2. The highest BCUT2D eigenvalue weighted by atomic mass is 32.2. The average Bonchev–Trinajstić information content (AvgIpc) is 2.65. The summed E-state index contributed by atoms with van der Waals surface area (Å²) >= 11 is 0. The number of carboxylic acids is 1. The minimum Gasteiger partial charge on any atom is -0.481 e. The van der Waals surface area contributed by atoms with Crippen LogP contribution in [0.25, 0.3) is 0 Å². The fourth-order valence-corrected chi connectivity index (χ4v) is 5.80. The fourth-order valence-electron chi connectivity index (χ4n) is 4.37. The summed E-state index contributed by atoms with van der Waals surface area (Å²) in [6.07, 6.45) is 1.98. The van der Waals surface area contributed by atoms with Gasteiger partial charge in [-0.2, -0.15) is 0 Å². The molecule has 6 heteroatoms. The van der Waals surface area contributed by atoms with Crippen molar-refractivity contribution < 1.29 is 18.3 Å². The minimum atomic E-state index is -3.81. The van der Waals surface area contributed by atoms with Crippen molar-refractivity contribution in [1.29, 1.82) is 0 Å². The highest BCUT2D eigenvalue weighted by molar-refractivity contribution is 7.92. The molecule has 3 rings (SSSR count). The molecule has 1 aliphatic rings. The largest absolute Gasteiger partial charge is 0.481 e. The average molecular weight is 444 g/mol. The molecule has 1 aliphatic carbocycles. The van der Waals surface area contributed by atoms with E-state index >= 15 is 0 Å². The molecule has 0 bridgehead atoms. The summed E-state index contributed by atoms with van der Waals surface area (Å²) in [4.78, 5) is 11.2. The molecule has 0 unspecified atom stereocenters. The lowest BCUT2D eigenvalue weighted by molar-refractivity contribution is -0.136. The molecule has 168 valence electrons. The van der Waals surface area contributed by atoms with Crippen LogP contribution >= 0.6 is 0 Å².